The summed E-state index contributed by atoms with van der Waals surface area (Å²) in [7, 11) is 0. The highest BCUT2D eigenvalue weighted by atomic mass is 15.5. The number of hydrazone groups is 1. The Morgan fingerprint density at radius 1 is 1.43 bits per heavy atom. The lowest BCUT2D eigenvalue weighted by Crippen LogP contribution is -2.16. The van der Waals surface area contributed by atoms with E-state index in [2.05, 4.69) is 35.3 Å². The molecule has 0 aromatic heterocycles. The number of rotatable bonds is 3. The van der Waals surface area contributed by atoms with Gasteiger partial charge in [0.1, 0.15) is 0 Å². The molecule has 2 nitrogen and oxygen atoms in total. The molecule has 0 saturated carbocycles. The lowest BCUT2D eigenvalue weighted by molar-refractivity contribution is 0.395. The van der Waals surface area contributed by atoms with Crippen molar-refractivity contribution in [1.29, 1.82) is 0 Å². The molecule has 1 aliphatic carbocycles. The van der Waals surface area contributed by atoms with Crippen molar-refractivity contribution >= 4 is 5.71 Å². The molecule has 0 fully saturated rings. The summed E-state index contributed by atoms with van der Waals surface area (Å²) >= 11 is 0. The van der Waals surface area contributed by atoms with Gasteiger partial charge in [0.25, 0.3) is 0 Å². The average molecular weight is 192 g/mol. The van der Waals surface area contributed by atoms with Gasteiger partial charge < -0.3 is 0 Å². The minimum absolute atomic E-state index is 0.932. The van der Waals surface area contributed by atoms with Crippen LogP contribution in [-0.4, -0.2) is 17.3 Å². The second-order valence-electron chi connectivity index (χ2n) is 3.73. The minimum atomic E-state index is 0.932. The molecule has 0 spiro atoms. The maximum absolute atomic E-state index is 4.49. The summed E-state index contributed by atoms with van der Waals surface area (Å²) in [5.74, 6) is 0. The van der Waals surface area contributed by atoms with E-state index in [1.165, 1.54) is 18.5 Å². The summed E-state index contributed by atoms with van der Waals surface area (Å²) in [5.41, 5.74) is 2.34. The molecule has 0 aliphatic heterocycles. The molecule has 0 heterocycles. The Morgan fingerprint density at radius 2 is 2.21 bits per heavy atom. The highest BCUT2D eigenvalue weighted by Gasteiger charge is 2.04. The van der Waals surface area contributed by atoms with E-state index in [-0.39, 0.29) is 0 Å². The highest BCUT2D eigenvalue weighted by molar-refractivity contribution is 5.78. The smallest absolute Gasteiger partial charge is 0.0550 e. The number of allylic oxidation sites excluding steroid dienone is 3. The van der Waals surface area contributed by atoms with Gasteiger partial charge in [0.2, 0.25) is 0 Å². The van der Waals surface area contributed by atoms with E-state index in [9.17, 15) is 0 Å². The van der Waals surface area contributed by atoms with Crippen LogP contribution in [0.1, 0.15) is 40.0 Å². The predicted octanol–water partition coefficient (Wildman–Crippen LogP) is 3.33. The molecular weight excluding hydrogens is 172 g/mol. The Labute approximate surface area is 87.0 Å². The number of nitrogens with zero attached hydrogens (tertiary/aromatic N) is 2. The Balaban J connectivity index is 2.76. The Hall–Kier alpha value is -1.05. The molecule has 0 N–H and O–H groups in total. The van der Waals surface area contributed by atoms with E-state index in [1.54, 1.807) is 0 Å². The van der Waals surface area contributed by atoms with Gasteiger partial charge in [-0.25, -0.2) is 0 Å². The zero-order valence-corrected chi connectivity index (χ0v) is 9.45. The molecule has 0 bridgehead atoms. The van der Waals surface area contributed by atoms with Gasteiger partial charge in [0.15, 0.2) is 0 Å². The van der Waals surface area contributed by atoms with E-state index in [4.69, 9.17) is 0 Å². The van der Waals surface area contributed by atoms with Gasteiger partial charge in [0, 0.05) is 12.3 Å². The van der Waals surface area contributed by atoms with Crippen molar-refractivity contribution in [2.75, 3.05) is 6.54 Å². The second-order valence-corrected chi connectivity index (χ2v) is 3.73. The van der Waals surface area contributed by atoms with E-state index < -0.39 is 0 Å². The van der Waals surface area contributed by atoms with Crippen LogP contribution < -0.4 is 0 Å². The molecule has 14 heavy (non-hydrogen) atoms. The van der Waals surface area contributed by atoms with Gasteiger partial charge in [-0.05, 0) is 46.1 Å². The monoisotopic (exact) mass is 192 g/mol. The third-order valence-corrected chi connectivity index (χ3v) is 2.14. The molecule has 1 rings (SSSR count). The third-order valence-electron chi connectivity index (χ3n) is 2.14. The number of likely N-dealkylation sites (N-methyl/N-ethyl adjacent to an activating group) is 1. The second kappa shape index (κ2) is 5.63. The fraction of sp³-hybridized carbons (Fsp3) is 0.583. The lowest BCUT2D eigenvalue weighted by Gasteiger charge is -2.18. The Bertz CT molecular complexity index is 257. The van der Waals surface area contributed by atoms with Crippen molar-refractivity contribution in [2.45, 2.75) is 40.0 Å². The largest absolute Gasteiger partial charge is 0.266 e. The predicted molar refractivity (Wildman–Crippen MR) is 62.2 cm³/mol. The van der Waals surface area contributed by atoms with Gasteiger partial charge >= 0.3 is 0 Å². The molecule has 0 radical (unpaired) electrons. The first-order chi connectivity index (χ1) is 6.74. The van der Waals surface area contributed by atoms with E-state index in [0.717, 1.165) is 18.7 Å². The maximum atomic E-state index is 4.49. The molecule has 1 aliphatic rings. The summed E-state index contributed by atoms with van der Waals surface area (Å²) in [6, 6.07) is 0. The average Bonchev–Trinajstić information content (AvgIpc) is 2.41. The molecule has 0 saturated heterocycles. The van der Waals surface area contributed by atoms with Crippen LogP contribution in [0.15, 0.2) is 29.0 Å². The molecule has 0 aromatic carbocycles. The van der Waals surface area contributed by atoms with Gasteiger partial charge in [-0.15, -0.1) is 0 Å². The van der Waals surface area contributed by atoms with E-state index in [1.807, 2.05) is 13.8 Å². The zero-order valence-electron chi connectivity index (χ0n) is 9.45. The van der Waals surface area contributed by atoms with Crippen LogP contribution in [0.25, 0.3) is 0 Å². The van der Waals surface area contributed by atoms with Crippen LogP contribution in [0.3, 0.4) is 0 Å². The van der Waals surface area contributed by atoms with Gasteiger partial charge in [-0.1, -0.05) is 12.2 Å². The van der Waals surface area contributed by atoms with Crippen LogP contribution in [0.4, 0.5) is 0 Å². The Morgan fingerprint density at radius 3 is 2.86 bits per heavy atom. The summed E-state index contributed by atoms with van der Waals surface area (Å²) in [6.07, 6.45) is 10.3. The Kier molecular flexibility index (Phi) is 4.44. The van der Waals surface area contributed by atoms with E-state index >= 15 is 0 Å². The third kappa shape index (κ3) is 3.36. The van der Waals surface area contributed by atoms with Gasteiger partial charge in [0.05, 0.1) is 5.70 Å². The molecule has 0 aromatic rings. The standard InChI is InChI=1S/C12H20N2/c1-4-14(13-11(2)3)12-9-7-5-6-8-10-12/h7,9-10H,4-6,8H2,1-3H3. The quantitative estimate of drug-likeness (QED) is 0.494. The summed E-state index contributed by atoms with van der Waals surface area (Å²) in [4.78, 5) is 0. The summed E-state index contributed by atoms with van der Waals surface area (Å²) in [5, 5.41) is 6.56. The molecular formula is C12H20N2. The first-order valence-corrected chi connectivity index (χ1v) is 5.40. The van der Waals surface area contributed by atoms with Crippen LogP contribution in [0.5, 0.6) is 0 Å². The normalized spacial score (nSPS) is 15.8. The summed E-state index contributed by atoms with van der Waals surface area (Å²) < 4.78 is 0. The molecule has 0 amide bonds. The van der Waals surface area contributed by atoms with Crippen LogP contribution in [-0.2, 0) is 0 Å². The fourth-order valence-electron chi connectivity index (χ4n) is 1.50. The van der Waals surface area contributed by atoms with Crippen molar-refractivity contribution in [3.8, 4) is 0 Å². The molecule has 2 heteroatoms. The van der Waals surface area contributed by atoms with Crippen molar-refractivity contribution in [3.05, 3.63) is 23.9 Å². The molecule has 0 atom stereocenters. The first kappa shape index (κ1) is 11.0. The maximum Gasteiger partial charge on any atom is 0.0550 e. The summed E-state index contributed by atoms with van der Waals surface area (Å²) in [6.45, 7) is 7.13. The van der Waals surface area contributed by atoms with Crippen LogP contribution >= 0.6 is 0 Å². The van der Waals surface area contributed by atoms with E-state index in [0.29, 0.717) is 0 Å². The van der Waals surface area contributed by atoms with Crippen LogP contribution in [0.2, 0.25) is 0 Å². The SMILES string of the molecule is CCN(N=C(C)C)C1=CCCCC=C1. The van der Waals surface area contributed by atoms with Crippen molar-refractivity contribution in [3.63, 3.8) is 0 Å². The molecule has 0 unspecified atom stereocenters. The zero-order chi connectivity index (χ0) is 10.4. The number of hydrogen-bond acceptors (Lipinski definition) is 2. The van der Waals surface area contributed by atoms with Gasteiger partial charge in [-0.2, -0.15) is 5.10 Å². The van der Waals surface area contributed by atoms with Crippen molar-refractivity contribution in [1.82, 2.24) is 5.01 Å². The van der Waals surface area contributed by atoms with Crippen molar-refractivity contribution in [2.24, 2.45) is 5.10 Å². The number of hydrogen-bond donors (Lipinski definition) is 0. The topological polar surface area (TPSA) is 15.6 Å². The molecule has 78 valence electrons. The fourth-order valence-corrected chi connectivity index (χ4v) is 1.50. The van der Waals surface area contributed by atoms with Gasteiger partial charge in [-0.3, -0.25) is 5.01 Å². The lowest BCUT2D eigenvalue weighted by atomic mass is 10.2. The first-order valence-electron chi connectivity index (χ1n) is 5.40. The van der Waals surface area contributed by atoms with Crippen molar-refractivity contribution < 1.29 is 0 Å². The minimum Gasteiger partial charge on any atom is -0.266 e. The highest BCUT2D eigenvalue weighted by Crippen LogP contribution is 2.14. The van der Waals surface area contributed by atoms with Crippen LogP contribution in [0, 0.1) is 0 Å².